The van der Waals surface area contributed by atoms with E-state index in [9.17, 15) is 0 Å². The van der Waals surface area contributed by atoms with Crippen molar-refractivity contribution in [3.05, 3.63) is 18.0 Å². The Hall–Kier alpha value is -1.37. The molecule has 1 saturated heterocycles. The van der Waals surface area contributed by atoms with Crippen LogP contribution < -0.4 is 15.2 Å². The predicted octanol–water partition coefficient (Wildman–Crippen LogP) is 0.175. The third kappa shape index (κ3) is 3.59. The highest BCUT2D eigenvalue weighted by atomic mass is 16.5. The Morgan fingerprint density at radius 2 is 1.85 bits per heavy atom. The number of rotatable bonds is 6. The molecular weight excluding hydrogens is 256 g/mol. The van der Waals surface area contributed by atoms with E-state index in [2.05, 4.69) is 14.8 Å². The molecule has 0 bridgehead atoms. The second kappa shape index (κ2) is 7.42. The SMILES string of the molecule is COc1ccnc(CN2CCN(CCN)CC2)c1OC. The van der Waals surface area contributed by atoms with Gasteiger partial charge in [-0.3, -0.25) is 14.8 Å². The number of pyridine rings is 1. The van der Waals surface area contributed by atoms with Crippen LogP contribution in [-0.2, 0) is 6.54 Å². The first-order valence-corrected chi connectivity index (χ1v) is 6.99. The first-order valence-electron chi connectivity index (χ1n) is 6.99. The molecule has 112 valence electrons. The quantitative estimate of drug-likeness (QED) is 0.802. The lowest BCUT2D eigenvalue weighted by Crippen LogP contribution is -2.47. The normalized spacial score (nSPS) is 17.1. The number of piperazine rings is 1. The van der Waals surface area contributed by atoms with Gasteiger partial charge in [-0.25, -0.2) is 0 Å². The second-order valence-corrected chi connectivity index (χ2v) is 4.90. The second-order valence-electron chi connectivity index (χ2n) is 4.90. The zero-order chi connectivity index (χ0) is 14.4. The summed E-state index contributed by atoms with van der Waals surface area (Å²) in [6.45, 7) is 6.67. The predicted molar refractivity (Wildman–Crippen MR) is 78.1 cm³/mol. The number of methoxy groups -OCH3 is 2. The topological polar surface area (TPSA) is 63.9 Å². The average molecular weight is 280 g/mol. The maximum Gasteiger partial charge on any atom is 0.183 e. The number of nitrogens with zero attached hydrogens (tertiary/aromatic N) is 3. The van der Waals surface area contributed by atoms with Crippen LogP contribution >= 0.6 is 0 Å². The summed E-state index contributed by atoms with van der Waals surface area (Å²) in [4.78, 5) is 9.21. The number of ether oxygens (including phenoxy) is 2. The summed E-state index contributed by atoms with van der Waals surface area (Å²) in [5.41, 5.74) is 6.52. The highest BCUT2D eigenvalue weighted by Crippen LogP contribution is 2.29. The van der Waals surface area contributed by atoms with Crippen LogP contribution in [0.15, 0.2) is 12.3 Å². The van der Waals surface area contributed by atoms with Crippen molar-refractivity contribution < 1.29 is 9.47 Å². The Kier molecular flexibility index (Phi) is 5.58. The maximum absolute atomic E-state index is 5.59. The number of hydrogen-bond acceptors (Lipinski definition) is 6. The van der Waals surface area contributed by atoms with E-state index >= 15 is 0 Å². The molecule has 2 N–H and O–H groups in total. The van der Waals surface area contributed by atoms with Crippen molar-refractivity contribution in [3.8, 4) is 11.5 Å². The molecule has 2 heterocycles. The van der Waals surface area contributed by atoms with E-state index in [4.69, 9.17) is 15.2 Å². The molecule has 0 aromatic carbocycles. The van der Waals surface area contributed by atoms with E-state index in [1.165, 1.54) is 0 Å². The summed E-state index contributed by atoms with van der Waals surface area (Å²) in [5, 5.41) is 0. The third-order valence-electron chi connectivity index (χ3n) is 3.65. The molecule has 0 spiro atoms. The Balaban J connectivity index is 1.97. The first-order chi connectivity index (χ1) is 9.78. The summed E-state index contributed by atoms with van der Waals surface area (Å²) in [6.07, 6.45) is 1.77. The van der Waals surface area contributed by atoms with E-state index < -0.39 is 0 Å². The van der Waals surface area contributed by atoms with Gasteiger partial charge < -0.3 is 15.2 Å². The van der Waals surface area contributed by atoms with E-state index in [1.807, 2.05) is 6.07 Å². The van der Waals surface area contributed by atoms with Crippen molar-refractivity contribution in [2.24, 2.45) is 5.73 Å². The van der Waals surface area contributed by atoms with Crippen LogP contribution in [0, 0.1) is 0 Å². The molecule has 1 aliphatic rings. The van der Waals surface area contributed by atoms with Gasteiger partial charge in [0, 0.05) is 58.1 Å². The average Bonchev–Trinajstić information content (AvgIpc) is 2.49. The Morgan fingerprint density at radius 3 is 2.45 bits per heavy atom. The van der Waals surface area contributed by atoms with Crippen LogP contribution in [0.25, 0.3) is 0 Å². The summed E-state index contributed by atoms with van der Waals surface area (Å²) in [7, 11) is 3.30. The summed E-state index contributed by atoms with van der Waals surface area (Å²) in [6, 6.07) is 1.82. The Bertz CT molecular complexity index is 420. The van der Waals surface area contributed by atoms with Crippen molar-refractivity contribution in [1.29, 1.82) is 0 Å². The molecule has 1 aromatic rings. The molecule has 1 aromatic heterocycles. The van der Waals surface area contributed by atoms with Gasteiger partial charge in [0.15, 0.2) is 11.5 Å². The van der Waals surface area contributed by atoms with Gasteiger partial charge in [-0.1, -0.05) is 0 Å². The molecule has 0 saturated carbocycles. The van der Waals surface area contributed by atoms with Crippen LogP contribution in [0.5, 0.6) is 11.5 Å². The van der Waals surface area contributed by atoms with E-state index in [-0.39, 0.29) is 0 Å². The van der Waals surface area contributed by atoms with Crippen molar-refractivity contribution in [2.45, 2.75) is 6.54 Å². The number of hydrogen-bond donors (Lipinski definition) is 1. The van der Waals surface area contributed by atoms with Gasteiger partial charge in [0.2, 0.25) is 0 Å². The molecule has 6 heteroatoms. The molecule has 1 aliphatic heterocycles. The molecule has 0 unspecified atom stereocenters. The standard InChI is InChI=1S/C14H24N4O2/c1-19-13-3-5-16-12(14(13)20-2)11-18-9-7-17(6-4-15)8-10-18/h3,5H,4,6-11,15H2,1-2H3. The monoisotopic (exact) mass is 280 g/mol. The van der Waals surface area contributed by atoms with Crippen molar-refractivity contribution in [3.63, 3.8) is 0 Å². The fraction of sp³-hybridized carbons (Fsp3) is 0.643. The largest absolute Gasteiger partial charge is 0.493 e. The highest BCUT2D eigenvalue weighted by Gasteiger charge is 2.19. The van der Waals surface area contributed by atoms with E-state index in [0.717, 1.165) is 63.0 Å². The van der Waals surface area contributed by atoms with Gasteiger partial charge in [-0.05, 0) is 0 Å². The zero-order valence-corrected chi connectivity index (χ0v) is 12.3. The smallest absolute Gasteiger partial charge is 0.183 e. The molecular formula is C14H24N4O2. The van der Waals surface area contributed by atoms with E-state index in [1.54, 1.807) is 20.4 Å². The molecule has 2 rings (SSSR count). The van der Waals surface area contributed by atoms with Crippen molar-refractivity contribution in [1.82, 2.24) is 14.8 Å². The summed E-state index contributed by atoms with van der Waals surface area (Å²) < 4.78 is 10.7. The molecule has 0 radical (unpaired) electrons. The highest BCUT2D eigenvalue weighted by molar-refractivity contribution is 5.42. The summed E-state index contributed by atoms with van der Waals surface area (Å²) in [5.74, 6) is 1.47. The minimum atomic E-state index is 0.727. The molecule has 0 aliphatic carbocycles. The van der Waals surface area contributed by atoms with Crippen molar-refractivity contribution in [2.75, 3.05) is 53.5 Å². The van der Waals surface area contributed by atoms with Gasteiger partial charge >= 0.3 is 0 Å². The lowest BCUT2D eigenvalue weighted by atomic mass is 10.2. The van der Waals surface area contributed by atoms with Crippen LogP contribution in [0.3, 0.4) is 0 Å². The Morgan fingerprint density at radius 1 is 1.15 bits per heavy atom. The molecule has 6 nitrogen and oxygen atoms in total. The molecule has 0 amide bonds. The molecule has 20 heavy (non-hydrogen) atoms. The molecule has 1 fully saturated rings. The number of nitrogens with two attached hydrogens (primary N) is 1. The maximum atomic E-state index is 5.59. The first kappa shape index (κ1) is 15.0. The van der Waals surface area contributed by atoms with Crippen LogP contribution in [-0.4, -0.2) is 68.3 Å². The van der Waals surface area contributed by atoms with Gasteiger partial charge in [0.05, 0.1) is 14.2 Å². The van der Waals surface area contributed by atoms with Crippen molar-refractivity contribution >= 4 is 0 Å². The van der Waals surface area contributed by atoms with Crippen LogP contribution in [0.1, 0.15) is 5.69 Å². The number of aromatic nitrogens is 1. The fourth-order valence-corrected chi connectivity index (χ4v) is 2.53. The van der Waals surface area contributed by atoms with Gasteiger partial charge in [-0.2, -0.15) is 0 Å². The lowest BCUT2D eigenvalue weighted by molar-refractivity contribution is 0.127. The summed E-state index contributed by atoms with van der Waals surface area (Å²) >= 11 is 0. The van der Waals surface area contributed by atoms with Gasteiger partial charge in [0.25, 0.3) is 0 Å². The van der Waals surface area contributed by atoms with Crippen LogP contribution in [0.2, 0.25) is 0 Å². The van der Waals surface area contributed by atoms with E-state index in [0.29, 0.717) is 0 Å². The minimum absolute atomic E-state index is 0.727. The Labute approximate surface area is 120 Å². The molecule has 0 atom stereocenters. The lowest BCUT2D eigenvalue weighted by Gasteiger charge is -2.34. The van der Waals surface area contributed by atoms with Gasteiger partial charge in [-0.15, -0.1) is 0 Å². The van der Waals surface area contributed by atoms with Gasteiger partial charge in [0.1, 0.15) is 5.69 Å². The minimum Gasteiger partial charge on any atom is -0.493 e. The van der Waals surface area contributed by atoms with Crippen LogP contribution in [0.4, 0.5) is 0 Å². The zero-order valence-electron chi connectivity index (χ0n) is 12.3. The third-order valence-corrected chi connectivity index (χ3v) is 3.65. The fourth-order valence-electron chi connectivity index (χ4n) is 2.53.